The van der Waals surface area contributed by atoms with E-state index in [1.54, 1.807) is 6.20 Å². The van der Waals surface area contributed by atoms with Gasteiger partial charge in [0.05, 0.1) is 0 Å². The Morgan fingerprint density at radius 2 is 1.65 bits per heavy atom. The van der Waals surface area contributed by atoms with Crippen molar-refractivity contribution < 1.29 is 13.6 Å². The van der Waals surface area contributed by atoms with Gasteiger partial charge in [0.1, 0.15) is 23.1 Å². The number of rotatable bonds is 4. The first-order valence-electron chi connectivity index (χ1n) is 9.78. The number of hydrogen-bond acceptors (Lipinski definition) is 6. The Bertz CT molecular complexity index is 1030. The lowest BCUT2D eigenvalue weighted by Gasteiger charge is -2.35. The van der Waals surface area contributed by atoms with Gasteiger partial charge >= 0.3 is 6.03 Å². The van der Waals surface area contributed by atoms with Crippen LogP contribution in [0.4, 0.5) is 36.7 Å². The summed E-state index contributed by atoms with van der Waals surface area (Å²) >= 11 is 0. The maximum Gasteiger partial charge on any atom is 0.322 e. The third kappa shape index (κ3) is 4.85. The summed E-state index contributed by atoms with van der Waals surface area (Å²) < 4.78 is 27.5. The van der Waals surface area contributed by atoms with E-state index in [1.165, 1.54) is 11.0 Å². The zero-order chi connectivity index (χ0) is 21.8. The Hall–Kier alpha value is -3.82. The second-order valence-corrected chi connectivity index (χ2v) is 7.12. The van der Waals surface area contributed by atoms with Crippen molar-refractivity contribution in [3.8, 4) is 0 Å². The average molecular weight is 425 g/mol. The van der Waals surface area contributed by atoms with Crippen LogP contribution in [0.2, 0.25) is 0 Å². The summed E-state index contributed by atoms with van der Waals surface area (Å²) in [5.41, 5.74) is 0.630. The summed E-state index contributed by atoms with van der Waals surface area (Å²) in [6.45, 7) is 3.78. The van der Waals surface area contributed by atoms with Gasteiger partial charge in [-0.2, -0.15) is 0 Å². The molecule has 0 saturated carbocycles. The maximum atomic E-state index is 13.7. The summed E-state index contributed by atoms with van der Waals surface area (Å²) in [5.74, 6) is 0.319. The van der Waals surface area contributed by atoms with Crippen molar-refractivity contribution in [1.29, 1.82) is 0 Å². The number of carbonyl (C=O) groups is 1. The van der Waals surface area contributed by atoms with E-state index >= 15 is 0 Å². The van der Waals surface area contributed by atoms with Crippen LogP contribution in [0.5, 0.6) is 0 Å². The van der Waals surface area contributed by atoms with Crippen LogP contribution in [0.25, 0.3) is 0 Å². The second-order valence-electron chi connectivity index (χ2n) is 7.12. The molecule has 0 aliphatic carbocycles. The van der Waals surface area contributed by atoms with Crippen LogP contribution in [0.1, 0.15) is 5.56 Å². The minimum atomic E-state index is -0.809. The van der Waals surface area contributed by atoms with Crippen LogP contribution in [-0.2, 0) is 0 Å². The molecule has 160 valence electrons. The van der Waals surface area contributed by atoms with Gasteiger partial charge in [0, 0.05) is 32.4 Å². The highest BCUT2D eigenvalue weighted by Crippen LogP contribution is 2.20. The van der Waals surface area contributed by atoms with Crippen LogP contribution >= 0.6 is 0 Å². The van der Waals surface area contributed by atoms with Crippen molar-refractivity contribution in [3.05, 3.63) is 65.9 Å². The standard InChI is InChI=1S/C21H21F2N7O/c1-14-5-6-17(24-13-14)25-18-7-8-19(28-27-18)29-9-11-30(12-10-29)21(31)26-20-15(22)3-2-4-16(20)23/h2-8,13H,9-12H2,1H3,(H,26,31)(H,24,25,27). The number of carbonyl (C=O) groups excluding carboxylic acids is 1. The zero-order valence-corrected chi connectivity index (χ0v) is 16.8. The molecule has 3 aromatic rings. The van der Waals surface area contributed by atoms with Crippen molar-refractivity contribution in [2.75, 3.05) is 41.7 Å². The summed E-state index contributed by atoms with van der Waals surface area (Å²) in [6.07, 6.45) is 1.76. The van der Waals surface area contributed by atoms with E-state index in [0.717, 1.165) is 17.7 Å². The Balaban J connectivity index is 1.32. The second kappa shape index (κ2) is 8.90. The van der Waals surface area contributed by atoms with Gasteiger partial charge in [-0.25, -0.2) is 18.6 Å². The molecular weight excluding hydrogens is 404 g/mol. The van der Waals surface area contributed by atoms with Crippen molar-refractivity contribution >= 4 is 29.2 Å². The average Bonchev–Trinajstić information content (AvgIpc) is 2.78. The summed E-state index contributed by atoms with van der Waals surface area (Å²) in [6, 6.07) is 10.4. The van der Waals surface area contributed by atoms with Gasteiger partial charge in [-0.05, 0) is 42.8 Å². The van der Waals surface area contributed by atoms with Gasteiger partial charge in [-0.15, -0.1) is 10.2 Å². The van der Waals surface area contributed by atoms with Gasteiger partial charge in [0.15, 0.2) is 11.6 Å². The molecule has 2 N–H and O–H groups in total. The first-order chi connectivity index (χ1) is 15.0. The molecule has 0 spiro atoms. The predicted molar refractivity (Wildman–Crippen MR) is 113 cm³/mol. The normalized spacial score (nSPS) is 13.8. The molecule has 1 aliphatic heterocycles. The molecule has 2 aromatic heterocycles. The number of aryl methyl sites for hydroxylation is 1. The molecular formula is C21H21F2N7O. The molecule has 8 nitrogen and oxygen atoms in total. The molecule has 2 amide bonds. The monoisotopic (exact) mass is 425 g/mol. The molecule has 1 saturated heterocycles. The van der Waals surface area contributed by atoms with E-state index in [9.17, 15) is 13.6 Å². The number of pyridine rings is 1. The van der Waals surface area contributed by atoms with Gasteiger partial charge in [-0.3, -0.25) is 0 Å². The SMILES string of the molecule is Cc1ccc(Nc2ccc(N3CCN(C(=O)Nc4c(F)cccc4F)CC3)nn2)nc1. The molecule has 3 heterocycles. The number of benzene rings is 1. The molecule has 31 heavy (non-hydrogen) atoms. The lowest BCUT2D eigenvalue weighted by atomic mass is 10.3. The predicted octanol–water partition coefficient (Wildman–Crippen LogP) is 3.56. The van der Waals surface area contributed by atoms with Crippen LogP contribution in [-0.4, -0.2) is 52.3 Å². The minimum Gasteiger partial charge on any atom is -0.352 e. The van der Waals surface area contributed by atoms with Crippen LogP contribution in [0, 0.1) is 18.6 Å². The lowest BCUT2D eigenvalue weighted by molar-refractivity contribution is 0.207. The number of nitrogens with zero attached hydrogens (tertiary/aromatic N) is 5. The molecule has 1 fully saturated rings. The fourth-order valence-corrected chi connectivity index (χ4v) is 3.18. The third-order valence-electron chi connectivity index (χ3n) is 4.90. The number of halogens is 2. The first kappa shape index (κ1) is 20.5. The van der Waals surface area contributed by atoms with E-state index in [1.807, 2.05) is 36.1 Å². The van der Waals surface area contributed by atoms with Crippen molar-refractivity contribution in [2.24, 2.45) is 0 Å². The van der Waals surface area contributed by atoms with Crippen molar-refractivity contribution in [2.45, 2.75) is 6.92 Å². The molecule has 0 atom stereocenters. The number of amides is 2. The summed E-state index contributed by atoms with van der Waals surface area (Å²) in [5, 5.41) is 13.8. The molecule has 4 rings (SSSR count). The number of anilines is 4. The Kier molecular flexibility index (Phi) is 5.87. The number of hydrogen-bond donors (Lipinski definition) is 2. The lowest BCUT2D eigenvalue weighted by Crippen LogP contribution is -2.50. The fraction of sp³-hybridized carbons (Fsp3) is 0.238. The van der Waals surface area contributed by atoms with E-state index in [4.69, 9.17) is 0 Å². The largest absolute Gasteiger partial charge is 0.352 e. The molecule has 0 unspecified atom stereocenters. The van der Waals surface area contributed by atoms with Gasteiger partial charge in [0.2, 0.25) is 0 Å². The smallest absolute Gasteiger partial charge is 0.322 e. The van der Waals surface area contributed by atoms with Crippen molar-refractivity contribution in [3.63, 3.8) is 0 Å². The Morgan fingerprint density at radius 1 is 0.935 bits per heavy atom. The molecule has 1 aromatic carbocycles. The molecule has 0 bridgehead atoms. The quantitative estimate of drug-likeness (QED) is 0.665. The topological polar surface area (TPSA) is 86.3 Å². The number of aromatic nitrogens is 3. The van der Waals surface area contributed by atoms with Gasteiger partial charge in [0.25, 0.3) is 0 Å². The number of nitrogens with one attached hydrogen (secondary N) is 2. The molecule has 10 heteroatoms. The first-order valence-corrected chi connectivity index (χ1v) is 9.78. The van der Waals surface area contributed by atoms with Crippen LogP contribution in [0.15, 0.2) is 48.7 Å². The fourth-order valence-electron chi connectivity index (χ4n) is 3.18. The number of para-hydroxylation sites is 1. The van der Waals surface area contributed by atoms with E-state index in [-0.39, 0.29) is 0 Å². The van der Waals surface area contributed by atoms with Gasteiger partial charge < -0.3 is 20.4 Å². The minimum absolute atomic E-state index is 0.386. The Labute approximate surface area is 177 Å². The van der Waals surface area contributed by atoms with E-state index < -0.39 is 23.4 Å². The molecule has 0 radical (unpaired) electrons. The number of piperazine rings is 1. The van der Waals surface area contributed by atoms with E-state index in [2.05, 4.69) is 25.8 Å². The van der Waals surface area contributed by atoms with Crippen molar-refractivity contribution in [1.82, 2.24) is 20.1 Å². The zero-order valence-electron chi connectivity index (χ0n) is 16.8. The highest BCUT2D eigenvalue weighted by Gasteiger charge is 2.23. The Morgan fingerprint density at radius 3 is 2.26 bits per heavy atom. The highest BCUT2D eigenvalue weighted by molar-refractivity contribution is 5.89. The van der Waals surface area contributed by atoms with Gasteiger partial charge in [-0.1, -0.05) is 12.1 Å². The van der Waals surface area contributed by atoms with Crippen LogP contribution < -0.4 is 15.5 Å². The maximum absolute atomic E-state index is 13.7. The molecule has 1 aliphatic rings. The summed E-state index contributed by atoms with van der Waals surface area (Å²) in [7, 11) is 0. The third-order valence-corrected chi connectivity index (χ3v) is 4.90. The van der Waals surface area contributed by atoms with E-state index in [0.29, 0.717) is 43.6 Å². The summed E-state index contributed by atoms with van der Waals surface area (Å²) in [4.78, 5) is 20.2. The number of urea groups is 1. The highest BCUT2D eigenvalue weighted by atomic mass is 19.1. The van der Waals surface area contributed by atoms with Crippen LogP contribution in [0.3, 0.4) is 0 Å².